The second kappa shape index (κ2) is 6.63. The molecular weight excluding hydrogens is 254 g/mol. The molecule has 0 saturated carbocycles. The lowest BCUT2D eigenvalue weighted by atomic mass is 10.0. The number of ether oxygens (including phenoxy) is 1. The number of benzene rings is 1. The number of hydrogen-bond donors (Lipinski definition) is 3. The van der Waals surface area contributed by atoms with Crippen molar-refractivity contribution >= 4 is 22.6 Å². The van der Waals surface area contributed by atoms with E-state index in [9.17, 15) is 15.0 Å². The lowest BCUT2D eigenvalue weighted by Crippen LogP contribution is -2.22. The van der Waals surface area contributed by atoms with Gasteiger partial charge in [-0.05, 0) is 18.2 Å². The van der Waals surface area contributed by atoms with Gasteiger partial charge in [-0.3, -0.25) is 4.79 Å². The molecule has 18 heavy (non-hydrogen) atoms. The summed E-state index contributed by atoms with van der Waals surface area (Å²) in [7, 11) is 1.50. The number of methoxy groups -OCH3 is 1. The second-order valence-electron chi connectivity index (χ2n) is 3.81. The van der Waals surface area contributed by atoms with Crippen LogP contribution in [-0.4, -0.2) is 34.3 Å². The van der Waals surface area contributed by atoms with Gasteiger partial charge in [0, 0.05) is 23.9 Å². The summed E-state index contributed by atoms with van der Waals surface area (Å²) in [4.78, 5) is 10.8. The third kappa shape index (κ3) is 3.90. The maximum absolute atomic E-state index is 10.8. The summed E-state index contributed by atoms with van der Waals surface area (Å²) in [6, 6.07) is 4.84. The molecule has 0 aromatic heterocycles. The van der Waals surface area contributed by atoms with Crippen LogP contribution in [0, 0.1) is 0 Å². The molecule has 0 aliphatic rings. The lowest BCUT2D eigenvalue weighted by Gasteiger charge is -2.19. The van der Waals surface area contributed by atoms with Crippen LogP contribution in [-0.2, 0) is 4.79 Å². The van der Waals surface area contributed by atoms with E-state index in [1.165, 1.54) is 14.0 Å². The SMILES string of the molecule is COc1ccc(N)c(C(O)C(O)CSC(C)=O)c1. The molecule has 1 aromatic carbocycles. The van der Waals surface area contributed by atoms with Crippen LogP contribution in [0.25, 0.3) is 0 Å². The lowest BCUT2D eigenvalue weighted by molar-refractivity contribution is -0.109. The predicted octanol–water partition coefficient (Wildman–Crippen LogP) is 0.951. The minimum atomic E-state index is -1.15. The first-order valence-corrected chi connectivity index (χ1v) is 6.37. The molecule has 0 radical (unpaired) electrons. The molecule has 0 fully saturated rings. The molecule has 6 heteroatoms. The molecule has 0 amide bonds. The van der Waals surface area contributed by atoms with Gasteiger partial charge in [0.15, 0.2) is 5.12 Å². The molecule has 0 aliphatic heterocycles. The Bertz CT molecular complexity index is 425. The van der Waals surface area contributed by atoms with E-state index in [1.807, 2.05) is 0 Å². The highest BCUT2D eigenvalue weighted by Gasteiger charge is 2.21. The van der Waals surface area contributed by atoms with Gasteiger partial charge in [0.2, 0.25) is 0 Å². The Morgan fingerprint density at radius 1 is 1.50 bits per heavy atom. The molecule has 0 saturated heterocycles. The van der Waals surface area contributed by atoms with Crippen molar-refractivity contribution in [2.75, 3.05) is 18.6 Å². The van der Waals surface area contributed by atoms with Crippen LogP contribution in [0.1, 0.15) is 18.6 Å². The van der Waals surface area contributed by atoms with Gasteiger partial charge in [0.25, 0.3) is 0 Å². The van der Waals surface area contributed by atoms with E-state index in [0.29, 0.717) is 17.0 Å². The van der Waals surface area contributed by atoms with Gasteiger partial charge in [0.05, 0.1) is 13.2 Å². The summed E-state index contributed by atoms with van der Waals surface area (Å²) in [5.74, 6) is 0.664. The van der Waals surface area contributed by atoms with Gasteiger partial charge >= 0.3 is 0 Å². The van der Waals surface area contributed by atoms with E-state index in [4.69, 9.17) is 10.5 Å². The van der Waals surface area contributed by atoms with Crippen LogP contribution in [0.5, 0.6) is 5.75 Å². The topological polar surface area (TPSA) is 92.8 Å². The highest BCUT2D eigenvalue weighted by Crippen LogP contribution is 2.28. The van der Waals surface area contributed by atoms with Crippen LogP contribution in [0.15, 0.2) is 18.2 Å². The Balaban J connectivity index is 2.81. The maximum Gasteiger partial charge on any atom is 0.185 e. The van der Waals surface area contributed by atoms with Crippen LogP contribution < -0.4 is 10.5 Å². The molecule has 4 N–H and O–H groups in total. The number of carbonyl (C=O) groups is 1. The number of rotatable bonds is 5. The van der Waals surface area contributed by atoms with Gasteiger partial charge in [-0.15, -0.1) is 0 Å². The van der Waals surface area contributed by atoms with Gasteiger partial charge in [0.1, 0.15) is 11.9 Å². The Morgan fingerprint density at radius 2 is 2.17 bits per heavy atom. The smallest absolute Gasteiger partial charge is 0.185 e. The van der Waals surface area contributed by atoms with Crippen molar-refractivity contribution in [2.45, 2.75) is 19.1 Å². The summed E-state index contributed by atoms with van der Waals surface area (Å²) in [6.07, 6.45) is -2.21. The van der Waals surface area contributed by atoms with Crippen LogP contribution in [0.4, 0.5) is 5.69 Å². The van der Waals surface area contributed by atoms with E-state index in [-0.39, 0.29) is 10.9 Å². The zero-order chi connectivity index (χ0) is 13.7. The van der Waals surface area contributed by atoms with Gasteiger partial charge in [-0.2, -0.15) is 0 Å². The summed E-state index contributed by atoms with van der Waals surface area (Å²) in [6.45, 7) is 1.41. The average Bonchev–Trinajstić information content (AvgIpc) is 2.35. The van der Waals surface area contributed by atoms with Crippen molar-refractivity contribution < 1.29 is 19.7 Å². The molecule has 2 atom stereocenters. The molecular formula is C12H17NO4S. The molecule has 2 unspecified atom stereocenters. The van der Waals surface area contributed by atoms with Crippen molar-refractivity contribution in [1.29, 1.82) is 0 Å². The molecule has 0 aliphatic carbocycles. The number of anilines is 1. The van der Waals surface area contributed by atoms with E-state index in [0.717, 1.165) is 11.8 Å². The number of nitrogen functional groups attached to an aromatic ring is 1. The van der Waals surface area contributed by atoms with Crippen molar-refractivity contribution in [3.05, 3.63) is 23.8 Å². The zero-order valence-corrected chi connectivity index (χ0v) is 11.1. The predicted molar refractivity (Wildman–Crippen MR) is 71.5 cm³/mol. The molecule has 1 aromatic rings. The fourth-order valence-corrected chi connectivity index (χ4v) is 2.02. The number of thioether (sulfide) groups is 1. The number of nitrogens with two attached hydrogens (primary N) is 1. The number of aliphatic hydroxyl groups is 2. The van der Waals surface area contributed by atoms with E-state index in [1.54, 1.807) is 18.2 Å². The van der Waals surface area contributed by atoms with Crippen LogP contribution >= 0.6 is 11.8 Å². The van der Waals surface area contributed by atoms with Crippen molar-refractivity contribution in [2.24, 2.45) is 0 Å². The molecule has 0 heterocycles. The van der Waals surface area contributed by atoms with E-state index >= 15 is 0 Å². The summed E-state index contributed by atoms with van der Waals surface area (Å²) in [5.41, 5.74) is 6.50. The van der Waals surface area contributed by atoms with E-state index < -0.39 is 12.2 Å². The maximum atomic E-state index is 10.8. The van der Waals surface area contributed by atoms with E-state index in [2.05, 4.69) is 0 Å². The summed E-state index contributed by atoms with van der Waals surface area (Å²) in [5, 5.41) is 19.7. The Hall–Kier alpha value is -1.24. The molecule has 100 valence electrons. The molecule has 0 bridgehead atoms. The minimum absolute atomic E-state index is 0.111. The van der Waals surface area contributed by atoms with Crippen LogP contribution in [0.2, 0.25) is 0 Å². The third-order valence-electron chi connectivity index (χ3n) is 2.43. The highest BCUT2D eigenvalue weighted by molar-refractivity contribution is 8.13. The van der Waals surface area contributed by atoms with Crippen molar-refractivity contribution in [3.8, 4) is 5.75 Å². The third-order valence-corrected chi connectivity index (χ3v) is 3.35. The Kier molecular flexibility index (Phi) is 5.46. The Labute approximate surface area is 110 Å². The van der Waals surface area contributed by atoms with Crippen LogP contribution in [0.3, 0.4) is 0 Å². The average molecular weight is 271 g/mol. The normalized spacial score (nSPS) is 14.0. The first kappa shape index (κ1) is 14.8. The molecule has 0 spiro atoms. The standard InChI is InChI=1S/C12H17NO4S/c1-7(14)18-6-11(15)12(16)9-5-8(17-2)3-4-10(9)13/h3-5,11-12,15-16H,6,13H2,1-2H3. The minimum Gasteiger partial charge on any atom is -0.497 e. The first-order chi connectivity index (χ1) is 8.45. The quantitative estimate of drug-likeness (QED) is 0.691. The zero-order valence-electron chi connectivity index (χ0n) is 10.3. The Morgan fingerprint density at radius 3 is 2.72 bits per heavy atom. The van der Waals surface area contributed by atoms with Crippen molar-refractivity contribution in [3.63, 3.8) is 0 Å². The second-order valence-corrected chi connectivity index (χ2v) is 5.01. The van der Waals surface area contributed by atoms with Gasteiger partial charge < -0.3 is 20.7 Å². The monoisotopic (exact) mass is 271 g/mol. The number of aliphatic hydroxyl groups excluding tert-OH is 2. The molecule has 1 rings (SSSR count). The highest BCUT2D eigenvalue weighted by atomic mass is 32.2. The molecule has 5 nitrogen and oxygen atoms in total. The summed E-state index contributed by atoms with van der Waals surface area (Å²) < 4.78 is 5.03. The first-order valence-electron chi connectivity index (χ1n) is 5.38. The number of hydrogen-bond acceptors (Lipinski definition) is 6. The fraction of sp³-hybridized carbons (Fsp3) is 0.417. The fourth-order valence-electron chi connectivity index (χ4n) is 1.44. The number of carbonyl (C=O) groups excluding carboxylic acids is 1. The summed E-state index contributed by atoms with van der Waals surface area (Å²) >= 11 is 0.957. The van der Waals surface area contributed by atoms with Gasteiger partial charge in [-0.25, -0.2) is 0 Å². The van der Waals surface area contributed by atoms with Gasteiger partial charge in [-0.1, -0.05) is 11.8 Å². The largest absolute Gasteiger partial charge is 0.497 e. The van der Waals surface area contributed by atoms with Crippen molar-refractivity contribution in [1.82, 2.24) is 0 Å².